The molecule has 2 aliphatic heterocycles. The first-order valence-electron chi connectivity index (χ1n) is 11.3. The highest BCUT2D eigenvalue weighted by Crippen LogP contribution is 2.43. The van der Waals surface area contributed by atoms with Gasteiger partial charge in [-0.3, -0.25) is 4.79 Å². The Morgan fingerprint density at radius 3 is 2.24 bits per heavy atom. The van der Waals surface area contributed by atoms with E-state index < -0.39 is 17.6 Å². The number of halogens is 5. The first-order valence-corrected chi connectivity index (χ1v) is 11.3. The van der Waals surface area contributed by atoms with Gasteiger partial charge in [-0.25, -0.2) is 0 Å². The molecule has 1 aliphatic carbocycles. The molecule has 4 atom stereocenters. The molecular weight excluding hydrogens is 486 g/mol. The SMILES string of the molecule is CN1C2CCC1CC(NC1CC1c1ccc(NC(=O)c3cccc(C(F)(F)F)c3)cc1)C2.Cl.Cl. The lowest BCUT2D eigenvalue weighted by Crippen LogP contribution is -2.47. The minimum Gasteiger partial charge on any atom is -0.322 e. The molecule has 2 N–H and O–H groups in total. The van der Waals surface area contributed by atoms with Gasteiger partial charge in [-0.05, 0) is 75.0 Å². The molecule has 5 rings (SSSR count). The van der Waals surface area contributed by atoms with Crippen molar-refractivity contribution in [2.45, 2.75) is 68.4 Å². The maximum atomic E-state index is 12.9. The monoisotopic (exact) mass is 515 g/mol. The fraction of sp³-hybridized carbons (Fsp3) is 0.480. The third-order valence-corrected chi connectivity index (χ3v) is 7.39. The number of nitrogens with one attached hydrogen (secondary N) is 2. The molecule has 2 bridgehead atoms. The molecule has 3 fully saturated rings. The Morgan fingerprint density at radius 1 is 0.971 bits per heavy atom. The molecule has 0 radical (unpaired) electrons. The first-order chi connectivity index (χ1) is 15.3. The van der Waals surface area contributed by atoms with Crippen LogP contribution in [0.15, 0.2) is 48.5 Å². The predicted octanol–water partition coefficient (Wildman–Crippen LogP) is 5.87. The number of piperidine rings is 1. The van der Waals surface area contributed by atoms with Crippen LogP contribution < -0.4 is 10.6 Å². The van der Waals surface area contributed by atoms with Gasteiger partial charge in [-0.15, -0.1) is 24.8 Å². The molecular formula is C25H30Cl2F3N3O. The molecule has 9 heteroatoms. The topological polar surface area (TPSA) is 44.4 Å². The molecule has 4 unspecified atom stereocenters. The number of amides is 1. The Morgan fingerprint density at radius 2 is 1.62 bits per heavy atom. The number of anilines is 1. The van der Waals surface area contributed by atoms with Gasteiger partial charge in [0.1, 0.15) is 0 Å². The second kappa shape index (κ2) is 10.4. The van der Waals surface area contributed by atoms with Crippen LogP contribution in [0.2, 0.25) is 0 Å². The zero-order valence-corrected chi connectivity index (χ0v) is 20.5. The summed E-state index contributed by atoms with van der Waals surface area (Å²) in [5.74, 6) is -0.0627. The summed E-state index contributed by atoms with van der Waals surface area (Å²) in [5, 5.41) is 6.55. The Balaban J connectivity index is 0.00000162. The molecule has 0 spiro atoms. The van der Waals surface area contributed by atoms with Gasteiger partial charge >= 0.3 is 6.18 Å². The molecule has 34 heavy (non-hydrogen) atoms. The summed E-state index contributed by atoms with van der Waals surface area (Å²) in [7, 11) is 2.26. The number of rotatable bonds is 5. The lowest BCUT2D eigenvalue weighted by Gasteiger charge is -2.37. The maximum Gasteiger partial charge on any atom is 0.416 e. The van der Waals surface area contributed by atoms with E-state index in [1.54, 1.807) is 0 Å². The number of hydrogen-bond acceptors (Lipinski definition) is 3. The van der Waals surface area contributed by atoms with Crippen molar-refractivity contribution in [1.82, 2.24) is 10.2 Å². The third kappa shape index (κ3) is 5.70. The van der Waals surface area contributed by atoms with Crippen molar-refractivity contribution in [3.8, 4) is 0 Å². The zero-order valence-electron chi connectivity index (χ0n) is 18.8. The number of nitrogens with zero attached hydrogens (tertiary/aromatic N) is 1. The van der Waals surface area contributed by atoms with E-state index in [9.17, 15) is 18.0 Å². The Kier molecular flexibility index (Phi) is 8.23. The fourth-order valence-corrected chi connectivity index (χ4v) is 5.45. The second-order valence-corrected chi connectivity index (χ2v) is 9.49. The van der Waals surface area contributed by atoms with Gasteiger partial charge in [0.15, 0.2) is 0 Å². The number of fused-ring (bicyclic) bond motifs is 2. The van der Waals surface area contributed by atoms with Crippen LogP contribution in [0.4, 0.5) is 18.9 Å². The van der Waals surface area contributed by atoms with Crippen molar-refractivity contribution in [3.05, 3.63) is 65.2 Å². The summed E-state index contributed by atoms with van der Waals surface area (Å²) < 4.78 is 38.6. The van der Waals surface area contributed by atoms with E-state index in [1.165, 1.54) is 43.4 Å². The van der Waals surface area contributed by atoms with Gasteiger partial charge in [0.05, 0.1) is 5.56 Å². The Bertz CT molecular complexity index is 988. The highest BCUT2D eigenvalue weighted by Gasteiger charge is 2.43. The number of benzene rings is 2. The van der Waals surface area contributed by atoms with Crippen molar-refractivity contribution in [1.29, 1.82) is 0 Å². The summed E-state index contributed by atoms with van der Waals surface area (Å²) in [6.45, 7) is 0. The standard InChI is InChI=1S/C25H28F3N3O.2ClH/c1-31-20-9-10-21(31)13-19(12-20)29-23-14-22(23)15-5-7-18(8-6-15)30-24(32)16-3-2-4-17(11-16)25(26,27)28;;/h2-8,11,19-23,29H,9-10,12-14H2,1H3,(H,30,32);2*1H. The fourth-order valence-electron chi connectivity index (χ4n) is 5.45. The molecule has 0 aromatic heterocycles. The van der Waals surface area contributed by atoms with Crippen molar-refractivity contribution in [2.24, 2.45) is 0 Å². The van der Waals surface area contributed by atoms with E-state index in [0.717, 1.165) is 30.6 Å². The Labute approximate surface area is 210 Å². The van der Waals surface area contributed by atoms with Crippen LogP contribution in [-0.2, 0) is 6.18 Å². The van der Waals surface area contributed by atoms with E-state index in [-0.39, 0.29) is 30.4 Å². The highest BCUT2D eigenvalue weighted by molar-refractivity contribution is 6.04. The summed E-state index contributed by atoms with van der Waals surface area (Å²) >= 11 is 0. The molecule has 2 aromatic carbocycles. The average molecular weight is 516 g/mol. The van der Waals surface area contributed by atoms with Gasteiger partial charge in [0.2, 0.25) is 0 Å². The summed E-state index contributed by atoms with van der Waals surface area (Å²) in [6, 6.07) is 14.7. The quantitative estimate of drug-likeness (QED) is 0.523. The second-order valence-electron chi connectivity index (χ2n) is 9.49. The summed E-state index contributed by atoms with van der Waals surface area (Å²) in [5.41, 5.74) is 0.969. The summed E-state index contributed by atoms with van der Waals surface area (Å²) in [6.07, 6.45) is 1.76. The molecule has 1 amide bonds. The zero-order chi connectivity index (χ0) is 22.5. The normalized spacial score (nSPS) is 27.9. The molecule has 1 saturated carbocycles. The predicted molar refractivity (Wildman–Crippen MR) is 132 cm³/mol. The van der Waals surface area contributed by atoms with E-state index in [0.29, 0.717) is 23.7 Å². The molecule has 2 heterocycles. The minimum absolute atomic E-state index is 0. The van der Waals surface area contributed by atoms with Gasteiger partial charge in [-0.2, -0.15) is 13.2 Å². The average Bonchev–Trinajstić information content (AvgIpc) is 3.50. The van der Waals surface area contributed by atoms with Crippen LogP contribution in [0, 0.1) is 0 Å². The smallest absolute Gasteiger partial charge is 0.322 e. The largest absolute Gasteiger partial charge is 0.416 e. The van der Waals surface area contributed by atoms with Gasteiger partial charge in [-0.1, -0.05) is 18.2 Å². The highest BCUT2D eigenvalue weighted by atomic mass is 35.5. The van der Waals surface area contributed by atoms with Crippen LogP contribution in [0.25, 0.3) is 0 Å². The maximum absolute atomic E-state index is 12.9. The van der Waals surface area contributed by atoms with Crippen LogP contribution >= 0.6 is 24.8 Å². The van der Waals surface area contributed by atoms with Gasteiger partial charge in [0, 0.05) is 41.3 Å². The minimum atomic E-state index is -4.47. The van der Waals surface area contributed by atoms with Crippen LogP contribution in [0.3, 0.4) is 0 Å². The molecule has 3 aliphatic rings. The van der Waals surface area contributed by atoms with Crippen molar-refractivity contribution in [3.63, 3.8) is 0 Å². The van der Waals surface area contributed by atoms with E-state index in [2.05, 4.69) is 22.6 Å². The van der Waals surface area contributed by atoms with Crippen LogP contribution in [-0.4, -0.2) is 42.0 Å². The molecule has 186 valence electrons. The van der Waals surface area contributed by atoms with E-state index in [4.69, 9.17) is 0 Å². The lowest BCUT2D eigenvalue weighted by atomic mass is 9.98. The van der Waals surface area contributed by atoms with Crippen molar-refractivity contribution in [2.75, 3.05) is 12.4 Å². The number of carbonyl (C=O) groups is 1. The number of hydrogen-bond donors (Lipinski definition) is 2. The number of carbonyl (C=O) groups excluding carboxylic acids is 1. The lowest BCUT2D eigenvalue weighted by molar-refractivity contribution is -0.137. The van der Waals surface area contributed by atoms with Crippen molar-refractivity contribution >= 4 is 36.4 Å². The summed E-state index contributed by atoms with van der Waals surface area (Å²) in [4.78, 5) is 14.9. The van der Waals surface area contributed by atoms with Gasteiger partial charge < -0.3 is 15.5 Å². The number of alkyl halides is 3. The third-order valence-electron chi connectivity index (χ3n) is 7.39. The van der Waals surface area contributed by atoms with Gasteiger partial charge in [0.25, 0.3) is 5.91 Å². The molecule has 4 nitrogen and oxygen atoms in total. The van der Waals surface area contributed by atoms with E-state index in [1.807, 2.05) is 24.3 Å². The van der Waals surface area contributed by atoms with Crippen LogP contribution in [0.1, 0.15) is 59.5 Å². The Hall–Kier alpha value is -1.80. The van der Waals surface area contributed by atoms with Crippen LogP contribution in [0.5, 0.6) is 0 Å². The van der Waals surface area contributed by atoms with E-state index >= 15 is 0 Å². The molecule has 2 saturated heterocycles. The first kappa shape index (κ1) is 26.8. The van der Waals surface area contributed by atoms with Crippen molar-refractivity contribution < 1.29 is 18.0 Å². The molecule has 2 aromatic rings.